The van der Waals surface area contributed by atoms with Crippen molar-refractivity contribution < 1.29 is 5.11 Å². The van der Waals surface area contributed by atoms with Crippen molar-refractivity contribution in [3.8, 4) is 0 Å². The summed E-state index contributed by atoms with van der Waals surface area (Å²) in [7, 11) is 0. The second kappa shape index (κ2) is 5.93. The second-order valence-corrected chi connectivity index (χ2v) is 2.66. The lowest BCUT2D eigenvalue weighted by molar-refractivity contribution is 0.334. The first-order chi connectivity index (χ1) is 5.20. The number of aliphatic hydroxyl groups is 1. The summed E-state index contributed by atoms with van der Waals surface area (Å²) < 4.78 is 0. The molecule has 0 aliphatic carbocycles. The quantitative estimate of drug-likeness (QED) is 0.484. The van der Waals surface area contributed by atoms with Crippen LogP contribution >= 0.6 is 0 Å². The van der Waals surface area contributed by atoms with Crippen LogP contribution in [-0.2, 0) is 0 Å². The SMILES string of the molecule is C=C/C(=C\CC=C(C)C)CO. The normalized spacial score (nSPS) is 11.0. The fourth-order valence-electron chi connectivity index (χ4n) is 0.658. The van der Waals surface area contributed by atoms with Crippen molar-refractivity contribution >= 4 is 0 Å². The van der Waals surface area contributed by atoms with Crippen molar-refractivity contribution in [3.05, 3.63) is 36.0 Å². The van der Waals surface area contributed by atoms with Crippen LogP contribution in [0.1, 0.15) is 20.3 Å². The Morgan fingerprint density at radius 1 is 1.36 bits per heavy atom. The molecule has 0 aromatic heterocycles. The number of rotatable bonds is 4. The van der Waals surface area contributed by atoms with Crippen LogP contribution in [0.15, 0.2) is 36.0 Å². The molecule has 0 unspecified atom stereocenters. The molecule has 0 aliphatic rings. The molecule has 0 heterocycles. The molecule has 0 aromatic rings. The van der Waals surface area contributed by atoms with Crippen molar-refractivity contribution in [1.82, 2.24) is 0 Å². The van der Waals surface area contributed by atoms with E-state index in [1.54, 1.807) is 6.08 Å². The lowest BCUT2D eigenvalue weighted by Gasteiger charge is -1.93. The monoisotopic (exact) mass is 152 g/mol. The van der Waals surface area contributed by atoms with E-state index < -0.39 is 0 Å². The molecule has 0 saturated carbocycles. The summed E-state index contributed by atoms with van der Waals surface area (Å²) in [6, 6.07) is 0. The maximum atomic E-state index is 8.73. The summed E-state index contributed by atoms with van der Waals surface area (Å²) in [5, 5.41) is 8.73. The molecule has 0 atom stereocenters. The lowest BCUT2D eigenvalue weighted by atomic mass is 10.2. The van der Waals surface area contributed by atoms with Gasteiger partial charge in [-0.1, -0.05) is 30.4 Å². The molecule has 1 N–H and O–H groups in total. The zero-order chi connectivity index (χ0) is 8.69. The second-order valence-electron chi connectivity index (χ2n) is 2.66. The lowest BCUT2D eigenvalue weighted by Crippen LogP contribution is -1.84. The molecule has 0 radical (unpaired) electrons. The van der Waals surface area contributed by atoms with Crippen LogP contribution in [0.2, 0.25) is 0 Å². The van der Waals surface area contributed by atoms with Gasteiger partial charge in [0.1, 0.15) is 0 Å². The first-order valence-corrected chi connectivity index (χ1v) is 3.76. The van der Waals surface area contributed by atoms with E-state index in [4.69, 9.17) is 5.11 Å². The van der Waals surface area contributed by atoms with E-state index in [2.05, 4.69) is 26.5 Å². The van der Waals surface area contributed by atoms with E-state index in [1.165, 1.54) is 5.57 Å². The number of allylic oxidation sites excluding steroid dienone is 3. The van der Waals surface area contributed by atoms with Crippen LogP contribution in [0.25, 0.3) is 0 Å². The van der Waals surface area contributed by atoms with Crippen molar-refractivity contribution in [2.45, 2.75) is 20.3 Å². The van der Waals surface area contributed by atoms with Crippen LogP contribution in [0.5, 0.6) is 0 Å². The summed E-state index contributed by atoms with van der Waals surface area (Å²) in [5.41, 5.74) is 2.19. The van der Waals surface area contributed by atoms with Gasteiger partial charge in [0.25, 0.3) is 0 Å². The smallest absolute Gasteiger partial charge is 0.0678 e. The fourth-order valence-corrected chi connectivity index (χ4v) is 0.658. The van der Waals surface area contributed by atoms with E-state index in [1.807, 2.05) is 6.08 Å². The minimum Gasteiger partial charge on any atom is -0.392 e. The van der Waals surface area contributed by atoms with Gasteiger partial charge in [-0.3, -0.25) is 0 Å². The molecular weight excluding hydrogens is 136 g/mol. The third-order valence-electron chi connectivity index (χ3n) is 1.35. The highest BCUT2D eigenvalue weighted by atomic mass is 16.3. The van der Waals surface area contributed by atoms with Gasteiger partial charge in [0, 0.05) is 0 Å². The van der Waals surface area contributed by atoms with Gasteiger partial charge in [0.2, 0.25) is 0 Å². The topological polar surface area (TPSA) is 20.2 Å². The summed E-state index contributed by atoms with van der Waals surface area (Å²) in [6.45, 7) is 7.78. The highest BCUT2D eigenvalue weighted by Crippen LogP contribution is 1.99. The molecule has 11 heavy (non-hydrogen) atoms. The zero-order valence-corrected chi connectivity index (χ0v) is 7.30. The largest absolute Gasteiger partial charge is 0.392 e. The summed E-state index contributed by atoms with van der Waals surface area (Å²) in [5.74, 6) is 0. The Balaban J connectivity index is 3.89. The summed E-state index contributed by atoms with van der Waals surface area (Å²) in [6.07, 6.45) is 6.64. The average molecular weight is 152 g/mol. The van der Waals surface area contributed by atoms with Gasteiger partial charge in [0.15, 0.2) is 0 Å². The molecular formula is C10H16O. The summed E-state index contributed by atoms with van der Waals surface area (Å²) in [4.78, 5) is 0. The van der Waals surface area contributed by atoms with Crippen LogP contribution < -0.4 is 0 Å². The fraction of sp³-hybridized carbons (Fsp3) is 0.400. The Kier molecular flexibility index (Phi) is 5.49. The number of aliphatic hydroxyl groups excluding tert-OH is 1. The Morgan fingerprint density at radius 3 is 2.36 bits per heavy atom. The first-order valence-electron chi connectivity index (χ1n) is 3.76. The van der Waals surface area contributed by atoms with Gasteiger partial charge >= 0.3 is 0 Å². The molecule has 0 bridgehead atoms. The van der Waals surface area contributed by atoms with E-state index >= 15 is 0 Å². The van der Waals surface area contributed by atoms with Crippen LogP contribution in [0.4, 0.5) is 0 Å². The molecule has 0 fully saturated rings. The third-order valence-corrected chi connectivity index (χ3v) is 1.35. The van der Waals surface area contributed by atoms with Gasteiger partial charge in [-0.05, 0) is 25.8 Å². The number of hydrogen-bond donors (Lipinski definition) is 1. The van der Waals surface area contributed by atoms with Gasteiger partial charge in [-0.25, -0.2) is 0 Å². The highest BCUT2D eigenvalue weighted by Gasteiger charge is 1.84. The van der Waals surface area contributed by atoms with Gasteiger partial charge in [-0.2, -0.15) is 0 Å². The van der Waals surface area contributed by atoms with Crippen molar-refractivity contribution in [3.63, 3.8) is 0 Å². The Morgan fingerprint density at radius 2 is 2.00 bits per heavy atom. The highest BCUT2D eigenvalue weighted by molar-refractivity contribution is 5.17. The third kappa shape index (κ3) is 5.62. The van der Waals surface area contributed by atoms with Crippen molar-refractivity contribution in [2.24, 2.45) is 0 Å². The van der Waals surface area contributed by atoms with E-state index in [0.29, 0.717) is 0 Å². The van der Waals surface area contributed by atoms with Crippen LogP contribution in [0.3, 0.4) is 0 Å². The Hall–Kier alpha value is -0.820. The maximum Gasteiger partial charge on any atom is 0.0678 e. The Bertz CT molecular complexity index is 171. The minimum atomic E-state index is 0.0834. The molecule has 0 spiro atoms. The maximum absolute atomic E-state index is 8.73. The Labute approximate surface area is 68.7 Å². The van der Waals surface area contributed by atoms with E-state index in [9.17, 15) is 0 Å². The zero-order valence-electron chi connectivity index (χ0n) is 7.30. The molecule has 62 valence electrons. The van der Waals surface area contributed by atoms with Crippen molar-refractivity contribution in [2.75, 3.05) is 6.61 Å². The first kappa shape index (κ1) is 10.2. The molecule has 1 nitrogen and oxygen atoms in total. The molecule has 1 heteroatoms. The van der Waals surface area contributed by atoms with Gasteiger partial charge < -0.3 is 5.11 Å². The predicted octanol–water partition coefficient (Wildman–Crippen LogP) is 2.45. The standard InChI is InChI=1S/C10H16O/c1-4-10(8-11)7-5-6-9(2)3/h4,6-7,11H,1,5,8H2,2-3H3/b10-7+. The molecule has 0 aromatic carbocycles. The molecule has 0 amide bonds. The van der Waals surface area contributed by atoms with E-state index in [0.717, 1.165) is 12.0 Å². The predicted molar refractivity (Wildman–Crippen MR) is 49.4 cm³/mol. The van der Waals surface area contributed by atoms with E-state index in [-0.39, 0.29) is 6.61 Å². The van der Waals surface area contributed by atoms with Crippen molar-refractivity contribution in [1.29, 1.82) is 0 Å². The van der Waals surface area contributed by atoms with Crippen LogP contribution in [0, 0.1) is 0 Å². The van der Waals surface area contributed by atoms with Gasteiger partial charge in [0.05, 0.1) is 6.61 Å². The number of hydrogen-bond acceptors (Lipinski definition) is 1. The molecule has 0 saturated heterocycles. The molecule has 0 aliphatic heterocycles. The minimum absolute atomic E-state index is 0.0834. The molecule has 0 rings (SSSR count). The summed E-state index contributed by atoms with van der Waals surface area (Å²) >= 11 is 0. The van der Waals surface area contributed by atoms with Crippen LogP contribution in [-0.4, -0.2) is 11.7 Å². The van der Waals surface area contributed by atoms with Gasteiger partial charge in [-0.15, -0.1) is 0 Å². The average Bonchev–Trinajstić information content (AvgIpc) is 1.98.